The predicted octanol–water partition coefficient (Wildman–Crippen LogP) is 2.50. The first kappa shape index (κ1) is 14.4. The van der Waals surface area contributed by atoms with Gasteiger partial charge in [0.1, 0.15) is 0 Å². The lowest BCUT2D eigenvalue weighted by Crippen LogP contribution is -2.53. The maximum atomic E-state index is 12.3. The molecule has 0 saturated carbocycles. The highest BCUT2D eigenvalue weighted by atomic mass is 16.5. The number of amides is 2. The molecule has 0 atom stereocenters. The van der Waals surface area contributed by atoms with Crippen LogP contribution >= 0.6 is 0 Å². The van der Waals surface area contributed by atoms with Crippen molar-refractivity contribution in [1.82, 2.24) is 10.2 Å². The third-order valence-corrected chi connectivity index (χ3v) is 4.32. The molecular weight excluding hydrogens is 264 g/mol. The molecule has 114 valence electrons. The molecule has 1 aromatic carbocycles. The summed E-state index contributed by atoms with van der Waals surface area (Å²) in [6.45, 7) is 6.56. The molecule has 0 aromatic heterocycles. The number of hydrogen-bond acceptors (Lipinski definition) is 2. The van der Waals surface area contributed by atoms with Crippen molar-refractivity contribution in [3.63, 3.8) is 0 Å². The Morgan fingerprint density at radius 2 is 2.14 bits per heavy atom. The SMILES string of the molecule is CC1(C)CN(C(=O)NCc2ccc3c(c2)CCC3)CCO1. The van der Waals surface area contributed by atoms with E-state index >= 15 is 0 Å². The van der Waals surface area contributed by atoms with Gasteiger partial charge in [-0.25, -0.2) is 4.79 Å². The molecule has 0 spiro atoms. The molecule has 4 heteroatoms. The Kier molecular flexibility index (Phi) is 3.89. The number of nitrogens with one attached hydrogen (secondary N) is 1. The van der Waals surface area contributed by atoms with Crippen LogP contribution in [-0.4, -0.2) is 36.2 Å². The predicted molar refractivity (Wildman–Crippen MR) is 82.3 cm³/mol. The Labute approximate surface area is 126 Å². The standard InChI is InChI=1S/C17H24N2O2/c1-17(2)12-19(8-9-21-17)16(20)18-11-13-6-7-14-4-3-5-15(14)10-13/h6-7,10H,3-5,8-9,11-12H2,1-2H3,(H,18,20). The third-order valence-electron chi connectivity index (χ3n) is 4.32. The topological polar surface area (TPSA) is 41.6 Å². The van der Waals surface area contributed by atoms with Gasteiger partial charge in [-0.1, -0.05) is 18.2 Å². The van der Waals surface area contributed by atoms with Crippen molar-refractivity contribution < 1.29 is 9.53 Å². The number of carbonyl (C=O) groups is 1. The number of hydrogen-bond donors (Lipinski definition) is 1. The molecule has 1 N–H and O–H groups in total. The molecule has 1 aromatic rings. The summed E-state index contributed by atoms with van der Waals surface area (Å²) in [5.41, 5.74) is 3.87. The van der Waals surface area contributed by atoms with Gasteiger partial charge in [-0.05, 0) is 49.8 Å². The molecule has 1 fully saturated rings. The highest BCUT2D eigenvalue weighted by Crippen LogP contribution is 2.23. The van der Waals surface area contributed by atoms with Crippen molar-refractivity contribution in [2.45, 2.75) is 45.3 Å². The largest absolute Gasteiger partial charge is 0.372 e. The fourth-order valence-electron chi connectivity index (χ4n) is 3.21. The molecule has 1 heterocycles. The van der Waals surface area contributed by atoms with Crippen LogP contribution in [-0.2, 0) is 24.1 Å². The lowest BCUT2D eigenvalue weighted by atomic mass is 10.1. The smallest absolute Gasteiger partial charge is 0.317 e. The van der Waals surface area contributed by atoms with Crippen molar-refractivity contribution in [3.8, 4) is 0 Å². The number of rotatable bonds is 2. The van der Waals surface area contributed by atoms with Crippen molar-refractivity contribution in [2.75, 3.05) is 19.7 Å². The summed E-state index contributed by atoms with van der Waals surface area (Å²) in [7, 11) is 0. The molecule has 4 nitrogen and oxygen atoms in total. The second-order valence-corrected chi connectivity index (χ2v) is 6.65. The van der Waals surface area contributed by atoms with E-state index in [2.05, 4.69) is 23.5 Å². The van der Waals surface area contributed by atoms with Gasteiger partial charge in [-0.2, -0.15) is 0 Å². The zero-order valence-electron chi connectivity index (χ0n) is 12.9. The minimum atomic E-state index is -0.247. The summed E-state index contributed by atoms with van der Waals surface area (Å²) in [4.78, 5) is 14.1. The summed E-state index contributed by atoms with van der Waals surface area (Å²) in [6.07, 6.45) is 3.63. The Bertz CT molecular complexity index is 540. The van der Waals surface area contributed by atoms with Crippen molar-refractivity contribution in [2.24, 2.45) is 0 Å². The maximum absolute atomic E-state index is 12.3. The molecular formula is C17H24N2O2. The Morgan fingerprint density at radius 3 is 2.95 bits per heavy atom. The lowest BCUT2D eigenvalue weighted by molar-refractivity contribution is -0.0733. The molecule has 21 heavy (non-hydrogen) atoms. The second kappa shape index (κ2) is 5.68. The van der Waals surface area contributed by atoms with Crippen molar-refractivity contribution in [3.05, 3.63) is 34.9 Å². The number of benzene rings is 1. The van der Waals surface area contributed by atoms with Crippen molar-refractivity contribution >= 4 is 6.03 Å². The molecule has 1 saturated heterocycles. The van der Waals surface area contributed by atoms with Crippen LogP contribution in [0.4, 0.5) is 4.79 Å². The number of aryl methyl sites for hydroxylation is 2. The van der Waals surface area contributed by atoms with Gasteiger partial charge in [0.05, 0.1) is 18.8 Å². The van der Waals surface area contributed by atoms with Gasteiger partial charge in [0.2, 0.25) is 0 Å². The quantitative estimate of drug-likeness (QED) is 0.908. The molecule has 2 aliphatic rings. The number of nitrogens with zero attached hydrogens (tertiary/aromatic N) is 1. The average molecular weight is 288 g/mol. The first-order chi connectivity index (χ1) is 10.0. The monoisotopic (exact) mass is 288 g/mol. The third kappa shape index (κ3) is 3.38. The van der Waals surface area contributed by atoms with Crippen LogP contribution < -0.4 is 5.32 Å². The minimum absolute atomic E-state index is 0.00636. The number of carbonyl (C=O) groups excluding carboxylic acids is 1. The van der Waals surface area contributed by atoms with Crippen LogP contribution in [0.5, 0.6) is 0 Å². The van der Waals surface area contributed by atoms with E-state index < -0.39 is 0 Å². The van der Waals surface area contributed by atoms with E-state index in [9.17, 15) is 4.79 Å². The molecule has 0 bridgehead atoms. The highest BCUT2D eigenvalue weighted by molar-refractivity contribution is 5.74. The Balaban J connectivity index is 1.56. The van der Waals surface area contributed by atoms with Crippen molar-refractivity contribution in [1.29, 1.82) is 0 Å². The van der Waals surface area contributed by atoms with Gasteiger partial charge in [-0.15, -0.1) is 0 Å². The van der Waals surface area contributed by atoms with E-state index in [1.54, 1.807) is 0 Å². The van der Waals surface area contributed by atoms with Gasteiger partial charge in [0.25, 0.3) is 0 Å². The Morgan fingerprint density at radius 1 is 1.33 bits per heavy atom. The lowest BCUT2D eigenvalue weighted by Gasteiger charge is -2.38. The van der Waals surface area contributed by atoms with Crippen LogP contribution in [0, 0.1) is 0 Å². The fourth-order valence-corrected chi connectivity index (χ4v) is 3.21. The van der Waals surface area contributed by atoms with Gasteiger partial charge < -0.3 is 15.0 Å². The summed E-state index contributed by atoms with van der Waals surface area (Å²) in [5.74, 6) is 0. The normalized spacial score (nSPS) is 20.2. The van der Waals surface area contributed by atoms with E-state index in [1.807, 2.05) is 18.7 Å². The number of urea groups is 1. The molecule has 0 radical (unpaired) electrons. The molecule has 3 rings (SSSR count). The van der Waals surface area contributed by atoms with E-state index in [0.29, 0.717) is 26.2 Å². The summed E-state index contributed by atoms with van der Waals surface area (Å²) >= 11 is 0. The number of morpholine rings is 1. The summed E-state index contributed by atoms with van der Waals surface area (Å²) in [6, 6.07) is 6.59. The van der Waals surface area contributed by atoms with Crippen LogP contribution in [0.25, 0.3) is 0 Å². The van der Waals surface area contributed by atoms with Crippen LogP contribution in [0.3, 0.4) is 0 Å². The van der Waals surface area contributed by atoms with Gasteiger partial charge >= 0.3 is 6.03 Å². The van der Waals surface area contributed by atoms with Crippen LogP contribution in [0.2, 0.25) is 0 Å². The molecule has 2 amide bonds. The molecule has 0 unspecified atom stereocenters. The van der Waals surface area contributed by atoms with Gasteiger partial charge in [-0.3, -0.25) is 0 Å². The maximum Gasteiger partial charge on any atom is 0.317 e. The fraction of sp³-hybridized carbons (Fsp3) is 0.588. The van der Waals surface area contributed by atoms with Gasteiger partial charge in [0.15, 0.2) is 0 Å². The molecule has 1 aliphatic carbocycles. The van der Waals surface area contributed by atoms with E-state index in [-0.39, 0.29) is 11.6 Å². The first-order valence-electron chi connectivity index (χ1n) is 7.81. The zero-order chi connectivity index (χ0) is 14.9. The second-order valence-electron chi connectivity index (χ2n) is 6.65. The number of fused-ring (bicyclic) bond motifs is 1. The van der Waals surface area contributed by atoms with E-state index in [4.69, 9.17) is 4.74 Å². The zero-order valence-corrected chi connectivity index (χ0v) is 12.9. The van der Waals surface area contributed by atoms with Gasteiger partial charge in [0, 0.05) is 13.1 Å². The number of ether oxygens (including phenoxy) is 1. The summed E-state index contributed by atoms with van der Waals surface area (Å²) < 4.78 is 5.64. The van der Waals surface area contributed by atoms with Crippen LogP contribution in [0.1, 0.15) is 37.0 Å². The van der Waals surface area contributed by atoms with E-state index in [1.165, 1.54) is 36.0 Å². The summed E-state index contributed by atoms with van der Waals surface area (Å²) in [5, 5.41) is 3.03. The van der Waals surface area contributed by atoms with Crippen LogP contribution in [0.15, 0.2) is 18.2 Å². The Hall–Kier alpha value is -1.55. The average Bonchev–Trinajstić information content (AvgIpc) is 2.91. The molecule has 1 aliphatic heterocycles. The minimum Gasteiger partial charge on any atom is -0.372 e. The highest BCUT2D eigenvalue weighted by Gasteiger charge is 2.29. The van der Waals surface area contributed by atoms with E-state index in [0.717, 1.165) is 0 Å². The first-order valence-corrected chi connectivity index (χ1v) is 7.81.